The fourth-order valence-electron chi connectivity index (χ4n) is 2.35. The van der Waals surface area contributed by atoms with Crippen molar-refractivity contribution in [1.82, 2.24) is 15.0 Å². The first-order valence-corrected chi connectivity index (χ1v) is 8.39. The fraction of sp³-hybridized carbons (Fsp3) is 0.688. The number of nitrogens with zero attached hydrogens (tertiary/aromatic N) is 3. The molecular weight excluding hydrogens is 376 g/mol. The lowest BCUT2D eigenvalue weighted by atomic mass is 10.1. The molecule has 0 spiro atoms. The Morgan fingerprint density at radius 1 is 0.852 bits per heavy atom. The Bertz CT molecular complexity index is 660. The van der Waals surface area contributed by atoms with E-state index in [0.717, 1.165) is 39.5 Å². The smallest absolute Gasteiger partial charge is 0.343 e. The average Bonchev–Trinajstić information content (AvgIpc) is 3.04. The largest absolute Gasteiger partial charge is 0.408 e. The van der Waals surface area contributed by atoms with Crippen LogP contribution in [0.2, 0.25) is 0 Å². The molecule has 1 aliphatic carbocycles. The maximum absolute atomic E-state index is 12.7. The van der Waals surface area contributed by atoms with Crippen molar-refractivity contribution in [3.63, 3.8) is 0 Å². The van der Waals surface area contributed by atoms with Gasteiger partial charge in [-0.05, 0) is 32.6 Å². The van der Waals surface area contributed by atoms with Gasteiger partial charge in [0.05, 0.1) is 0 Å². The van der Waals surface area contributed by atoms with Crippen LogP contribution in [0.1, 0.15) is 45.4 Å². The molecule has 1 aromatic heterocycles. The van der Waals surface area contributed by atoms with Gasteiger partial charge in [-0.2, -0.15) is 41.3 Å². The molecule has 0 aromatic carbocycles. The molecule has 1 saturated carbocycles. The normalized spacial score (nSPS) is 17.8. The van der Waals surface area contributed by atoms with Crippen LogP contribution in [-0.4, -0.2) is 39.4 Å². The number of hydrogen-bond acceptors (Lipinski definition) is 5. The Kier molecular flexibility index (Phi) is 6.38. The van der Waals surface area contributed by atoms with E-state index >= 15 is 0 Å². The zero-order chi connectivity index (χ0) is 20.2. The van der Waals surface area contributed by atoms with Gasteiger partial charge in [0.2, 0.25) is 17.7 Å². The zero-order valence-electron chi connectivity index (χ0n) is 14.7. The second-order valence-electron chi connectivity index (χ2n) is 6.37. The molecule has 1 heterocycles. The van der Waals surface area contributed by atoms with Crippen LogP contribution >= 0.6 is 0 Å². The summed E-state index contributed by atoms with van der Waals surface area (Å²) in [5.41, 5.74) is 0. The van der Waals surface area contributed by atoms with Gasteiger partial charge in [-0.1, -0.05) is 18.8 Å². The average molecular weight is 395 g/mol. The lowest BCUT2D eigenvalue weighted by molar-refractivity contribution is -0.139. The summed E-state index contributed by atoms with van der Waals surface area (Å²) in [6, 6.07) is -3.99. The van der Waals surface area contributed by atoms with Crippen molar-refractivity contribution in [2.45, 2.75) is 64.0 Å². The molecule has 5 nitrogen and oxygen atoms in total. The van der Waals surface area contributed by atoms with Crippen molar-refractivity contribution in [2.75, 3.05) is 10.6 Å². The summed E-state index contributed by atoms with van der Waals surface area (Å²) >= 11 is 0. The van der Waals surface area contributed by atoms with Gasteiger partial charge in [-0.3, -0.25) is 0 Å². The van der Waals surface area contributed by atoms with Crippen LogP contribution in [0.5, 0.6) is 0 Å². The molecule has 1 fully saturated rings. The Labute approximate surface area is 152 Å². The Morgan fingerprint density at radius 3 is 1.70 bits per heavy atom. The van der Waals surface area contributed by atoms with E-state index in [1.54, 1.807) is 0 Å². The second-order valence-corrected chi connectivity index (χ2v) is 6.37. The van der Waals surface area contributed by atoms with Crippen LogP contribution in [-0.2, 0) is 0 Å². The number of hydrogen-bond donors (Lipinski definition) is 2. The van der Waals surface area contributed by atoms with Gasteiger partial charge in [0.25, 0.3) is 0 Å². The van der Waals surface area contributed by atoms with Gasteiger partial charge in [0.15, 0.2) is 0 Å². The first-order valence-electron chi connectivity index (χ1n) is 8.39. The third-order valence-corrected chi connectivity index (χ3v) is 4.05. The number of rotatable bonds is 4. The van der Waals surface area contributed by atoms with Crippen molar-refractivity contribution >= 4 is 11.9 Å². The van der Waals surface area contributed by atoms with Crippen LogP contribution < -0.4 is 10.6 Å². The summed E-state index contributed by atoms with van der Waals surface area (Å²) in [5, 5.41) is 4.05. The van der Waals surface area contributed by atoms with E-state index in [1.807, 2.05) is 10.6 Å². The molecule has 11 heteroatoms. The third kappa shape index (κ3) is 6.45. The molecule has 1 aromatic rings. The van der Waals surface area contributed by atoms with E-state index in [-0.39, 0.29) is 11.7 Å². The number of nitrogens with one attached hydrogen (secondary N) is 2. The van der Waals surface area contributed by atoms with Gasteiger partial charge < -0.3 is 10.6 Å². The van der Waals surface area contributed by atoms with Gasteiger partial charge >= 0.3 is 12.4 Å². The van der Waals surface area contributed by atoms with Crippen molar-refractivity contribution < 1.29 is 26.3 Å². The third-order valence-electron chi connectivity index (χ3n) is 4.05. The number of alkyl halides is 6. The molecule has 150 valence electrons. The highest BCUT2D eigenvalue weighted by molar-refractivity contribution is 5.40. The molecule has 27 heavy (non-hydrogen) atoms. The summed E-state index contributed by atoms with van der Waals surface area (Å²) in [6.07, 6.45) is -5.30. The summed E-state index contributed by atoms with van der Waals surface area (Å²) in [4.78, 5) is 11.2. The highest BCUT2D eigenvalue weighted by atomic mass is 19.4. The van der Waals surface area contributed by atoms with Gasteiger partial charge in [0, 0.05) is 5.92 Å². The van der Waals surface area contributed by atoms with E-state index < -0.39 is 36.3 Å². The maximum Gasteiger partial charge on any atom is 0.408 e. The highest BCUT2D eigenvalue weighted by Gasteiger charge is 2.38. The lowest BCUT2D eigenvalue weighted by Crippen LogP contribution is -2.35. The molecule has 2 rings (SSSR count). The van der Waals surface area contributed by atoms with Crippen molar-refractivity contribution in [2.24, 2.45) is 5.92 Å². The van der Waals surface area contributed by atoms with Crippen molar-refractivity contribution in [1.29, 1.82) is 0 Å². The van der Waals surface area contributed by atoms with Gasteiger partial charge in [-0.15, -0.1) is 0 Å². The predicted molar refractivity (Wildman–Crippen MR) is 86.9 cm³/mol. The molecule has 0 unspecified atom stereocenters. The molecule has 2 N–H and O–H groups in total. The monoisotopic (exact) mass is 395 g/mol. The molecular formula is C16H19F6N5. The first kappa shape index (κ1) is 21.1. The topological polar surface area (TPSA) is 62.7 Å². The second kappa shape index (κ2) is 8.19. The fourth-order valence-corrected chi connectivity index (χ4v) is 2.35. The SMILES string of the molecule is C[C@@H](Nc1nc(C#CC2CCCC2)nc(N[C@H](C)C(F)(F)F)n1)C(F)(F)F. The van der Waals surface area contributed by atoms with Crippen LogP contribution in [0.15, 0.2) is 0 Å². The molecule has 0 radical (unpaired) electrons. The van der Waals surface area contributed by atoms with E-state index in [9.17, 15) is 26.3 Å². The zero-order valence-corrected chi connectivity index (χ0v) is 14.7. The van der Waals surface area contributed by atoms with E-state index in [2.05, 4.69) is 26.8 Å². The van der Waals surface area contributed by atoms with E-state index in [4.69, 9.17) is 0 Å². The number of aromatic nitrogens is 3. The molecule has 0 amide bonds. The predicted octanol–water partition coefficient (Wildman–Crippen LogP) is 4.14. The van der Waals surface area contributed by atoms with Crippen LogP contribution in [0.4, 0.5) is 38.2 Å². The van der Waals surface area contributed by atoms with E-state index in [1.165, 1.54) is 0 Å². The minimum absolute atomic E-state index is 0.123. The summed E-state index contributed by atoms with van der Waals surface area (Å²) in [6.45, 7) is 1.69. The molecule has 0 bridgehead atoms. The summed E-state index contributed by atoms with van der Waals surface area (Å²) < 4.78 is 76.4. The van der Waals surface area contributed by atoms with Crippen molar-refractivity contribution in [3.8, 4) is 11.8 Å². The summed E-state index contributed by atoms with van der Waals surface area (Å²) in [5.74, 6) is 4.49. The minimum Gasteiger partial charge on any atom is -0.343 e. The molecule has 0 saturated heterocycles. The lowest BCUT2D eigenvalue weighted by Gasteiger charge is -2.19. The van der Waals surface area contributed by atoms with E-state index in [0.29, 0.717) is 0 Å². The maximum atomic E-state index is 12.7. The Morgan fingerprint density at radius 2 is 1.30 bits per heavy atom. The van der Waals surface area contributed by atoms with Crippen LogP contribution in [0.3, 0.4) is 0 Å². The number of anilines is 2. The Balaban J connectivity index is 2.28. The van der Waals surface area contributed by atoms with Gasteiger partial charge in [0.1, 0.15) is 12.1 Å². The first-order chi connectivity index (χ1) is 12.4. The van der Waals surface area contributed by atoms with Crippen molar-refractivity contribution in [3.05, 3.63) is 5.82 Å². The molecule has 0 aliphatic heterocycles. The number of halogens is 6. The quantitative estimate of drug-likeness (QED) is 0.593. The Hall–Kier alpha value is -2.25. The minimum atomic E-state index is -4.57. The van der Waals surface area contributed by atoms with Crippen LogP contribution in [0.25, 0.3) is 0 Å². The molecule has 2 atom stereocenters. The standard InChI is InChI=1S/C16H19F6N5/c1-9(15(17,18)19)23-13-25-12(8-7-11-5-3-4-6-11)26-14(27-13)24-10(2)16(20,21)22/h9-11H,3-6H2,1-2H3,(H2,23,24,25,26,27)/t9-,10-/m1/s1. The molecule has 1 aliphatic rings. The van der Waals surface area contributed by atoms with Crippen LogP contribution in [0, 0.1) is 17.8 Å². The summed E-state index contributed by atoms with van der Waals surface area (Å²) in [7, 11) is 0. The van der Waals surface area contributed by atoms with Gasteiger partial charge in [-0.25, -0.2) is 0 Å². The highest BCUT2D eigenvalue weighted by Crippen LogP contribution is 2.25.